The Balaban J connectivity index is 2.15. The van der Waals surface area contributed by atoms with Crippen molar-refractivity contribution in [3.63, 3.8) is 0 Å². The highest BCUT2D eigenvalue weighted by atomic mass is 19.1. The summed E-state index contributed by atoms with van der Waals surface area (Å²) in [6.45, 7) is 6.95. The van der Waals surface area contributed by atoms with Gasteiger partial charge in [0.1, 0.15) is 11.6 Å². The van der Waals surface area contributed by atoms with Gasteiger partial charge < -0.3 is 9.47 Å². The second kappa shape index (κ2) is 6.38. The zero-order valence-corrected chi connectivity index (χ0v) is 12.0. The van der Waals surface area contributed by atoms with Crippen LogP contribution in [0.4, 0.5) is 4.39 Å². The molecule has 0 spiro atoms. The van der Waals surface area contributed by atoms with Crippen molar-refractivity contribution in [1.29, 1.82) is 0 Å². The summed E-state index contributed by atoms with van der Waals surface area (Å²) in [5, 5.41) is 0. The van der Waals surface area contributed by atoms with E-state index in [1.807, 2.05) is 0 Å². The van der Waals surface area contributed by atoms with Crippen molar-refractivity contribution in [2.24, 2.45) is 0 Å². The van der Waals surface area contributed by atoms with E-state index in [9.17, 15) is 4.39 Å². The number of epoxide rings is 1. The van der Waals surface area contributed by atoms with Gasteiger partial charge in [0.05, 0.1) is 18.8 Å². The van der Waals surface area contributed by atoms with Gasteiger partial charge in [0, 0.05) is 5.56 Å². The molecule has 0 amide bonds. The fraction of sp³-hybridized carbons (Fsp3) is 0.625. The summed E-state index contributed by atoms with van der Waals surface area (Å²) in [4.78, 5) is 0. The Hall–Kier alpha value is -1.09. The van der Waals surface area contributed by atoms with Gasteiger partial charge >= 0.3 is 0 Å². The van der Waals surface area contributed by atoms with Crippen LogP contribution in [0.5, 0.6) is 5.75 Å². The molecule has 19 heavy (non-hydrogen) atoms. The molecule has 106 valence electrons. The Kier molecular flexibility index (Phi) is 4.81. The summed E-state index contributed by atoms with van der Waals surface area (Å²) >= 11 is 0. The lowest BCUT2D eigenvalue weighted by Crippen LogP contribution is -2.07. The van der Waals surface area contributed by atoms with Crippen LogP contribution in [0.3, 0.4) is 0 Å². The van der Waals surface area contributed by atoms with Crippen LogP contribution >= 0.6 is 0 Å². The number of rotatable bonds is 7. The molecule has 1 aromatic carbocycles. The molecule has 3 atom stereocenters. The number of hydrogen-bond acceptors (Lipinski definition) is 2. The minimum absolute atomic E-state index is 0.193. The van der Waals surface area contributed by atoms with Crippen molar-refractivity contribution in [3.05, 3.63) is 29.6 Å². The zero-order valence-electron chi connectivity index (χ0n) is 12.0. The SMILES string of the molecule is CCCOc1ccc(F)cc1C(CC)CC1OC1C. The van der Waals surface area contributed by atoms with E-state index in [0.29, 0.717) is 24.7 Å². The van der Waals surface area contributed by atoms with Crippen LogP contribution in [0.15, 0.2) is 18.2 Å². The lowest BCUT2D eigenvalue weighted by Gasteiger charge is -2.18. The van der Waals surface area contributed by atoms with E-state index in [-0.39, 0.29) is 5.82 Å². The molecule has 0 aromatic heterocycles. The maximum atomic E-state index is 13.5. The average Bonchev–Trinajstić information content (AvgIpc) is 3.10. The Morgan fingerprint density at radius 3 is 2.68 bits per heavy atom. The summed E-state index contributed by atoms with van der Waals surface area (Å²) < 4.78 is 24.7. The van der Waals surface area contributed by atoms with Crippen LogP contribution in [0.25, 0.3) is 0 Å². The first-order valence-electron chi connectivity index (χ1n) is 7.23. The first kappa shape index (κ1) is 14.3. The molecule has 2 nitrogen and oxygen atoms in total. The van der Waals surface area contributed by atoms with Crippen LogP contribution in [0.1, 0.15) is 51.5 Å². The lowest BCUT2D eigenvalue weighted by atomic mass is 9.90. The Labute approximate surface area is 114 Å². The van der Waals surface area contributed by atoms with Crippen molar-refractivity contribution < 1.29 is 13.9 Å². The molecular weight excluding hydrogens is 243 g/mol. The lowest BCUT2D eigenvalue weighted by molar-refractivity contribution is 0.307. The van der Waals surface area contributed by atoms with Crippen LogP contribution in [0.2, 0.25) is 0 Å². The normalized spacial score (nSPS) is 23.2. The molecule has 1 aliphatic heterocycles. The predicted octanol–water partition coefficient (Wildman–Crippen LogP) is 4.29. The molecule has 2 rings (SSSR count). The topological polar surface area (TPSA) is 21.8 Å². The van der Waals surface area contributed by atoms with Gasteiger partial charge in [0.25, 0.3) is 0 Å². The molecule has 0 radical (unpaired) electrons. The third-order valence-corrected chi connectivity index (χ3v) is 3.72. The van der Waals surface area contributed by atoms with Gasteiger partial charge in [0.15, 0.2) is 0 Å². The number of benzene rings is 1. The summed E-state index contributed by atoms with van der Waals surface area (Å²) in [5.41, 5.74) is 0.985. The van der Waals surface area contributed by atoms with Crippen molar-refractivity contribution in [2.75, 3.05) is 6.61 Å². The van der Waals surface area contributed by atoms with Gasteiger partial charge in [0.2, 0.25) is 0 Å². The quantitative estimate of drug-likeness (QED) is 0.687. The first-order valence-corrected chi connectivity index (χ1v) is 7.23. The van der Waals surface area contributed by atoms with Crippen LogP contribution in [0, 0.1) is 5.82 Å². The van der Waals surface area contributed by atoms with Crippen LogP contribution in [-0.2, 0) is 4.74 Å². The van der Waals surface area contributed by atoms with Gasteiger partial charge in [-0.2, -0.15) is 0 Å². The fourth-order valence-electron chi connectivity index (χ4n) is 2.45. The molecule has 0 bridgehead atoms. The van der Waals surface area contributed by atoms with Gasteiger partial charge in [-0.15, -0.1) is 0 Å². The molecule has 1 fully saturated rings. The number of ether oxygens (including phenoxy) is 2. The van der Waals surface area contributed by atoms with E-state index in [0.717, 1.165) is 30.6 Å². The maximum Gasteiger partial charge on any atom is 0.123 e. The van der Waals surface area contributed by atoms with Crippen molar-refractivity contribution in [2.45, 2.75) is 58.2 Å². The molecule has 1 heterocycles. The van der Waals surface area contributed by atoms with E-state index >= 15 is 0 Å². The van der Waals surface area contributed by atoms with Crippen LogP contribution < -0.4 is 4.74 Å². The highest BCUT2D eigenvalue weighted by molar-refractivity contribution is 5.37. The second-order valence-electron chi connectivity index (χ2n) is 5.25. The molecular formula is C16H23FO2. The van der Waals surface area contributed by atoms with E-state index in [1.54, 1.807) is 12.1 Å². The maximum absolute atomic E-state index is 13.5. The number of halogens is 1. The summed E-state index contributed by atoms with van der Waals surface area (Å²) in [6.07, 6.45) is 3.55. The molecule has 0 N–H and O–H groups in total. The molecule has 0 aliphatic carbocycles. The fourth-order valence-corrected chi connectivity index (χ4v) is 2.45. The van der Waals surface area contributed by atoms with E-state index in [1.165, 1.54) is 6.07 Å². The average molecular weight is 266 g/mol. The molecule has 1 saturated heterocycles. The highest BCUT2D eigenvalue weighted by Crippen LogP contribution is 2.38. The molecule has 1 aromatic rings. The molecule has 3 unspecified atom stereocenters. The monoisotopic (exact) mass is 266 g/mol. The Morgan fingerprint density at radius 1 is 1.37 bits per heavy atom. The highest BCUT2D eigenvalue weighted by Gasteiger charge is 2.36. The Morgan fingerprint density at radius 2 is 2.11 bits per heavy atom. The van der Waals surface area contributed by atoms with Crippen molar-refractivity contribution >= 4 is 0 Å². The van der Waals surface area contributed by atoms with Crippen molar-refractivity contribution in [3.8, 4) is 5.75 Å². The second-order valence-corrected chi connectivity index (χ2v) is 5.25. The van der Waals surface area contributed by atoms with Gasteiger partial charge in [-0.3, -0.25) is 0 Å². The minimum atomic E-state index is -0.193. The summed E-state index contributed by atoms with van der Waals surface area (Å²) in [5.74, 6) is 0.933. The minimum Gasteiger partial charge on any atom is -0.493 e. The zero-order chi connectivity index (χ0) is 13.8. The van der Waals surface area contributed by atoms with Gasteiger partial charge in [-0.05, 0) is 50.3 Å². The van der Waals surface area contributed by atoms with Gasteiger partial charge in [-0.1, -0.05) is 13.8 Å². The predicted molar refractivity (Wildman–Crippen MR) is 74.2 cm³/mol. The van der Waals surface area contributed by atoms with Crippen LogP contribution in [-0.4, -0.2) is 18.8 Å². The van der Waals surface area contributed by atoms with E-state index in [2.05, 4.69) is 20.8 Å². The first-order chi connectivity index (χ1) is 9.15. The number of hydrogen-bond donors (Lipinski definition) is 0. The largest absolute Gasteiger partial charge is 0.493 e. The smallest absolute Gasteiger partial charge is 0.123 e. The van der Waals surface area contributed by atoms with Gasteiger partial charge in [-0.25, -0.2) is 4.39 Å². The molecule has 1 aliphatic rings. The molecule has 3 heteroatoms. The molecule has 0 saturated carbocycles. The summed E-state index contributed by atoms with van der Waals surface area (Å²) in [6, 6.07) is 4.84. The van der Waals surface area contributed by atoms with Crippen molar-refractivity contribution in [1.82, 2.24) is 0 Å². The van der Waals surface area contributed by atoms with E-state index < -0.39 is 0 Å². The summed E-state index contributed by atoms with van der Waals surface area (Å²) in [7, 11) is 0. The third kappa shape index (κ3) is 3.69. The van der Waals surface area contributed by atoms with E-state index in [4.69, 9.17) is 9.47 Å². The Bertz CT molecular complexity index is 419. The third-order valence-electron chi connectivity index (χ3n) is 3.72. The standard InChI is InChI=1S/C16H23FO2/c1-4-8-18-15-7-6-13(17)10-14(15)12(5-2)9-16-11(3)19-16/h6-7,10-12,16H,4-5,8-9H2,1-3H3.